The highest BCUT2D eigenvalue weighted by Gasteiger charge is 2.22. The number of hydrazine groups is 1. The first-order valence-electron chi connectivity index (χ1n) is 5.68. The summed E-state index contributed by atoms with van der Waals surface area (Å²) in [5, 5.41) is 9.78. The Balaban J connectivity index is 1.93. The molecule has 0 radical (unpaired) electrons. The van der Waals surface area contributed by atoms with Crippen molar-refractivity contribution < 1.29 is 0 Å². The van der Waals surface area contributed by atoms with E-state index in [0.717, 1.165) is 36.5 Å². The minimum atomic E-state index is 0.688. The van der Waals surface area contributed by atoms with Crippen molar-refractivity contribution in [2.75, 3.05) is 18.5 Å². The van der Waals surface area contributed by atoms with Crippen LogP contribution in [0, 0.1) is 11.8 Å². The highest BCUT2D eigenvalue weighted by atomic mass is 32.1. The molecule has 0 amide bonds. The molecule has 5 nitrogen and oxygen atoms in total. The first-order chi connectivity index (χ1) is 7.67. The van der Waals surface area contributed by atoms with Gasteiger partial charge in [0.25, 0.3) is 0 Å². The van der Waals surface area contributed by atoms with Gasteiger partial charge < -0.3 is 0 Å². The average molecular weight is 241 g/mol. The Morgan fingerprint density at radius 1 is 1.38 bits per heavy atom. The molecule has 0 spiro atoms. The van der Waals surface area contributed by atoms with E-state index in [2.05, 4.69) is 34.4 Å². The number of piperidine rings is 1. The van der Waals surface area contributed by atoms with Crippen molar-refractivity contribution in [3.8, 4) is 0 Å². The van der Waals surface area contributed by atoms with Crippen LogP contribution in [0.3, 0.4) is 0 Å². The topological polar surface area (TPSA) is 67.1 Å². The largest absolute Gasteiger partial charge is 0.298 e. The van der Waals surface area contributed by atoms with E-state index in [-0.39, 0.29) is 0 Å². The van der Waals surface area contributed by atoms with Gasteiger partial charge in [0.15, 0.2) is 0 Å². The molecule has 16 heavy (non-hydrogen) atoms. The van der Waals surface area contributed by atoms with Gasteiger partial charge in [-0.15, -0.1) is 10.2 Å². The Labute approximate surface area is 100 Å². The van der Waals surface area contributed by atoms with Crippen LogP contribution >= 0.6 is 11.3 Å². The summed E-state index contributed by atoms with van der Waals surface area (Å²) in [5.41, 5.74) is 2.53. The van der Waals surface area contributed by atoms with Crippen molar-refractivity contribution in [1.29, 1.82) is 0 Å². The van der Waals surface area contributed by atoms with E-state index in [1.54, 1.807) is 0 Å². The SMILES string of the molecule is CC1CC(C)CN(Cc2nnc(NN)s2)C1. The molecule has 3 N–H and O–H groups in total. The van der Waals surface area contributed by atoms with Crippen molar-refractivity contribution in [1.82, 2.24) is 15.1 Å². The molecule has 6 heteroatoms. The molecule has 1 aliphatic heterocycles. The molecule has 2 unspecified atom stereocenters. The molecule has 90 valence electrons. The number of nitrogens with two attached hydrogens (primary N) is 1. The van der Waals surface area contributed by atoms with Gasteiger partial charge in [-0.3, -0.25) is 10.3 Å². The summed E-state index contributed by atoms with van der Waals surface area (Å²) in [6.45, 7) is 7.85. The highest BCUT2D eigenvalue weighted by molar-refractivity contribution is 7.15. The van der Waals surface area contributed by atoms with Gasteiger partial charge in [-0.05, 0) is 18.3 Å². The monoisotopic (exact) mass is 241 g/mol. The Morgan fingerprint density at radius 2 is 2.06 bits per heavy atom. The van der Waals surface area contributed by atoms with E-state index in [1.165, 1.54) is 17.8 Å². The normalized spacial score (nSPS) is 26.9. The van der Waals surface area contributed by atoms with Crippen molar-refractivity contribution in [2.24, 2.45) is 17.7 Å². The lowest BCUT2D eigenvalue weighted by atomic mass is 9.92. The predicted octanol–water partition coefficient (Wildman–Crippen LogP) is 1.30. The molecule has 1 aromatic heterocycles. The third-order valence-corrected chi connectivity index (χ3v) is 3.73. The van der Waals surface area contributed by atoms with Gasteiger partial charge in [-0.25, -0.2) is 5.84 Å². The molecule has 0 bridgehead atoms. The standard InChI is InChI=1S/C10H19N5S/c1-7-3-8(2)5-15(4-7)6-9-13-14-10(12-11)16-9/h7-8H,3-6,11H2,1-2H3,(H,12,14). The maximum atomic E-state index is 5.28. The minimum absolute atomic E-state index is 0.688. The number of nitrogens with one attached hydrogen (secondary N) is 1. The molecular weight excluding hydrogens is 222 g/mol. The van der Waals surface area contributed by atoms with Gasteiger partial charge in [-0.2, -0.15) is 0 Å². The molecule has 1 fully saturated rings. The summed E-state index contributed by atoms with van der Waals surface area (Å²) >= 11 is 1.53. The van der Waals surface area contributed by atoms with Gasteiger partial charge in [0.2, 0.25) is 5.13 Å². The molecule has 0 saturated carbocycles. The zero-order valence-corrected chi connectivity index (χ0v) is 10.6. The van der Waals surface area contributed by atoms with Crippen LogP contribution in [0.4, 0.5) is 5.13 Å². The number of hydrogen-bond acceptors (Lipinski definition) is 6. The van der Waals surface area contributed by atoms with Crippen molar-refractivity contribution in [3.05, 3.63) is 5.01 Å². The van der Waals surface area contributed by atoms with E-state index in [4.69, 9.17) is 5.84 Å². The van der Waals surface area contributed by atoms with Gasteiger partial charge in [0.1, 0.15) is 5.01 Å². The molecule has 1 aliphatic rings. The quantitative estimate of drug-likeness (QED) is 0.617. The molecule has 0 aliphatic carbocycles. The van der Waals surface area contributed by atoms with Crippen LogP contribution in [0.5, 0.6) is 0 Å². The smallest absolute Gasteiger partial charge is 0.219 e. The molecular formula is C10H19N5S. The first kappa shape index (κ1) is 11.8. The minimum Gasteiger partial charge on any atom is -0.298 e. The maximum absolute atomic E-state index is 5.28. The second-order valence-corrected chi connectivity index (χ2v) is 5.85. The number of nitrogens with zero attached hydrogens (tertiary/aromatic N) is 3. The van der Waals surface area contributed by atoms with E-state index < -0.39 is 0 Å². The summed E-state index contributed by atoms with van der Waals surface area (Å²) in [6.07, 6.45) is 1.34. The van der Waals surface area contributed by atoms with E-state index >= 15 is 0 Å². The summed E-state index contributed by atoms with van der Waals surface area (Å²) in [7, 11) is 0. The highest BCUT2D eigenvalue weighted by Crippen LogP contribution is 2.23. The molecule has 2 atom stereocenters. The van der Waals surface area contributed by atoms with Crippen molar-refractivity contribution in [2.45, 2.75) is 26.8 Å². The fourth-order valence-electron chi connectivity index (χ4n) is 2.49. The Bertz CT molecular complexity index is 330. The second-order valence-electron chi connectivity index (χ2n) is 4.79. The Kier molecular flexibility index (Phi) is 3.73. The van der Waals surface area contributed by atoms with E-state index in [0.29, 0.717) is 5.13 Å². The van der Waals surface area contributed by atoms with E-state index in [1.807, 2.05) is 0 Å². The predicted molar refractivity (Wildman–Crippen MR) is 65.9 cm³/mol. The third-order valence-electron chi connectivity index (χ3n) is 2.89. The fraction of sp³-hybridized carbons (Fsp3) is 0.800. The Morgan fingerprint density at radius 3 is 2.62 bits per heavy atom. The number of likely N-dealkylation sites (tertiary alicyclic amines) is 1. The van der Waals surface area contributed by atoms with Crippen LogP contribution in [0.15, 0.2) is 0 Å². The summed E-state index contributed by atoms with van der Waals surface area (Å²) < 4.78 is 0. The van der Waals surface area contributed by atoms with E-state index in [9.17, 15) is 0 Å². The van der Waals surface area contributed by atoms with Crippen molar-refractivity contribution in [3.63, 3.8) is 0 Å². The summed E-state index contributed by atoms with van der Waals surface area (Å²) in [4.78, 5) is 2.46. The molecule has 2 rings (SSSR count). The van der Waals surface area contributed by atoms with Crippen LogP contribution < -0.4 is 11.3 Å². The Hall–Kier alpha value is -0.720. The molecule has 0 aromatic carbocycles. The van der Waals surface area contributed by atoms with Gasteiger partial charge in [-0.1, -0.05) is 25.2 Å². The number of hydrogen-bond donors (Lipinski definition) is 2. The van der Waals surface area contributed by atoms with Gasteiger partial charge in [0, 0.05) is 13.1 Å². The van der Waals surface area contributed by atoms with Crippen LogP contribution in [-0.2, 0) is 6.54 Å². The lowest BCUT2D eigenvalue weighted by molar-refractivity contribution is 0.134. The lowest BCUT2D eigenvalue weighted by Gasteiger charge is -2.34. The third kappa shape index (κ3) is 2.90. The zero-order valence-electron chi connectivity index (χ0n) is 9.81. The molecule has 1 saturated heterocycles. The second kappa shape index (κ2) is 5.07. The maximum Gasteiger partial charge on any atom is 0.219 e. The number of nitrogen functional groups attached to an aromatic ring is 1. The summed E-state index contributed by atoms with van der Waals surface area (Å²) in [5.74, 6) is 6.85. The van der Waals surface area contributed by atoms with Gasteiger partial charge >= 0.3 is 0 Å². The average Bonchev–Trinajstić information content (AvgIpc) is 2.64. The van der Waals surface area contributed by atoms with Crippen molar-refractivity contribution >= 4 is 16.5 Å². The number of anilines is 1. The first-order valence-corrected chi connectivity index (χ1v) is 6.50. The van der Waals surface area contributed by atoms with Crippen LogP contribution in [-0.4, -0.2) is 28.2 Å². The lowest BCUT2D eigenvalue weighted by Crippen LogP contribution is -2.38. The van der Waals surface area contributed by atoms with Gasteiger partial charge in [0.05, 0.1) is 6.54 Å². The van der Waals surface area contributed by atoms with Crippen LogP contribution in [0.1, 0.15) is 25.3 Å². The summed E-state index contributed by atoms with van der Waals surface area (Å²) in [6, 6.07) is 0. The fourth-order valence-corrected chi connectivity index (χ4v) is 3.18. The zero-order chi connectivity index (χ0) is 11.5. The van der Waals surface area contributed by atoms with Crippen LogP contribution in [0.2, 0.25) is 0 Å². The molecule has 1 aromatic rings. The molecule has 2 heterocycles. The number of aromatic nitrogens is 2. The van der Waals surface area contributed by atoms with Crippen LogP contribution in [0.25, 0.3) is 0 Å². The number of rotatable bonds is 3.